The Kier molecular flexibility index (Phi) is 4.93. The third-order valence-electron chi connectivity index (χ3n) is 3.80. The van der Waals surface area contributed by atoms with E-state index < -0.39 is 0 Å². The van der Waals surface area contributed by atoms with Gasteiger partial charge in [0.25, 0.3) is 5.24 Å². The molecule has 7 heteroatoms. The Labute approximate surface area is 137 Å². The second-order valence-corrected chi connectivity index (χ2v) is 7.47. The Balaban J connectivity index is 1.58. The predicted molar refractivity (Wildman–Crippen MR) is 86.7 cm³/mol. The van der Waals surface area contributed by atoms with Gasteiger partial charge in [0, 0.05) is 35.9 Å². The number of nitrogens with one attached hydrogen (secondary N) is 1. The van der Waals surface area contributed by atoms with E-state index in [0.717, 1.165) is 28.4 Å². The van der Waals surface area contributed by atoms with Gasteiger partial charge in [-0.05, 0) is 30.2 Å². The van der Waals surface area contributed by atoms with Crippen molar-refractivity contribution >= 4 is 34.7 Å². The molecule has 0 saturated carbocycles. The number of hydrogen-bond acceptors (Lipinski definition) is 4. The van der Waals surface area contributed by atoms with Crippen LogP contribution in [0.15, 0.2) is 23.1 Å². The number of benzene rings is 1. The first-order valence-electron chi connectivity index (χ1n) is 7.27. The van der Waals surface area contributed by atoms with Gasteiger partial charge in [0.2, 0.25) is 5.91 Å². The fourth-order valence-corrected chi connectivity index (χ4v) is 4.60. The lowest BCUT2D eigenvalue weighted by Crippen LogP contribution is -2.34. The van der Waals surface area contributed by atoms with Crippen LogP contribution in [0.25, 0.3) is 0 Å². The summed E-state index contributed by atoms with van der Waals surface area (Å²) in [6.45, 7) is 1.17. The largest absolute Gasteiger partial charge is 0.349 e. The van der Waals surface area contributed by atoms with Crippen molar-refractivity contribution in [2.24, 2.45) is 0 Å². The summed E-state index contributed by atoms with van der Waals surface area (Å²) in [5.74, 6) is 1.34. The van der Waals surface area contributed by atoms with Crippen LogP contribution in [0.5, 0.6) is 0 Å². The van der Waals surface area contributed by atoms with Gasteiger partial charge in [-0.25, -0.2) is 4.39 Å². The number of nitrogens with zero attached hydrogens (tertiary/aromatic N) is 1. The molecule has 1 unspecified atom stereocenters. The molecule has 3 rings (SSSR count). The molecule has 0 spiro atoms. The average molecular weight is 340 g/mol. The van der Waals surface area contributed by atoms with Crippen LogP contribution in [0.3, 0.4) is 0 Å². The van der Waals surface area contributed by atoms with E-state index in [1.54, 1.807) is 22.7 Å². The number of thioether (sulfide) groups is 2. The molecule has 0 radical (unpaired) electrons. The molecule has 0 bridgehead atoms. The van der Waals surface area contributed by atoms with E-state index in [2.05, 4.69) is 5.32 Å². The van der Waals surface area contributed by atoms with Gasteiger partial charge < -0.3 is 10.2 Å². The van der Waals surface area contributed by atoms with Crippen LogP contribution in [-0.4, -0.2) is 40.6 Å². The van der Waals surface area contributed by atoms with Gasteiger partial charge in [-0.2, -0.15) is 0 Å². The first-order chi connectivity index (χ1) is 10.6. The van der Waals surface area contributed by atoms with E-state index in [1.165, 1.54) is 23.9 Å². The first kappa shape index (κ1) is 15.7. The van der Waals surface area contributed by atoms with Gasteiger partial charge in [0.15, 0.2) is 0 Å². The molecular formula is C15H17FN2O2S2. The molecule has 2 amide bonds. The number of carbonyl (C=O) groups excluding carboxylic acids is 2. The quantitative estimate of drug-likeness (QED) is 0.915. The monoisotopic (exact) mass is 340 g/mol. The summed E-state index contributed by atoms with van der Waals surface area (Å²) in [5.41, 5.74) is 0.859. The Bertz CT molecular complexity index is 597. The molecule has 2 aliphatic rings. The van der Waals surface area contributed by atoms with Crippen molar-refractivity contribution in [2.75, 3.05) is 24.6 Å². The van der Waals surface area contributed by atoms with E-state index in [4.69, 9.17) is 0 Å². The molecule has 1 atom stereocenters. The number of halogens is 1. The second kappa shape index (κ2) is 6.91. The van der Waals surface area contributed by atoms with Crippen LogP contribution in [0.4, 0.5) is 9.18 Å². The lowest BCUT2D eigenvalue weighted by Gasteiger charge is -2.26. The van der Waals surface area contributed by atoms with Crippen molar-refractivity contribution < 1.29 is 14.0 Å². The van der Waals surface area contributed by atoms with Crippen molar-refractivity contribution in [3.63, 3.8) is 0 Å². The maximum absolute atomic E-state index is 13.4. The van der Waals surface area contributed by atoms with Crippen molar-refractivity contribution in [2.45, 2.75) is 23.8 Å². The minimum Gasteiger partial charge on any atom is -0.349 e. The first-order valence-corrected chi connectivity index (χ1v) is 9.24. The molecule has 2 heterocycles. The highest BCUT2D eigenvalue weighted by Crippen LogP contribution is 2.36. The van der Waals surface area contributed by atoms with Crippen molar-refractivity contribution in [3.8, 4) is 0 Å². The summed E-state index contributed by atoms with van der Waals surface area (Å²) >= 11 is 2.98. The molecule has 1 fully saturated rings. The standard InChI is InChI=1S/C15H17FN2O2S2/c16-10-1-2-13-11(9-10)12(4-7-21-13)17-14(19)3-5-18-6-8-22-15(18)20/h1-2,9,12H,3-8H2,(H,17,19). The van der Waals surface area contributed by atoms with Crippen LogP contribution in [0.1, 0.15) is 24.4 Å². The highest BCUT2D eigenvalue weighted by atomic mass is 32.2. The lowest BCUT2D eigenvalue weighted by molar-refractivity contribution is -0.122. The predicted octanol–water partition coefficient (Wildman–Crippen LogP) is 3.04. The summed E-state index contributed by atoms with van der Waals surface area (Å²) in [4.78, 5) is 26.3. The molecule has 1 saturated heterocycles. The highest BCUT2D eigenvalue weighted by Gasteiger charge is 2.24. The Morgan fingerprint density at radius 3 is 3.00 bits per heavy atom. The fraction of sp³-hybridized carbons (Fsp3) is 0.467. The molecule has 4 nitrogen and oxygen atoms in total. The summed E-state index contributed by atoms with van der Waals surface area (Å²) < 4.78 is 13.4. The molecule has 118 valence electrons. The lowest BCUT2D eigenvalue weighted by atomic mass is 10.0. The zero-order valence-electron chi connectivity index (χ0n) is 12.0. The van der Waals surface area contributed by atoms with Crippen LogP contribution in [0, 0.1) is 5.82 Å². The van der Waals surface area contributed by atoms with Gasteiger partial charge in [-0.3, -0.25) is 9.59 Å². The topological polar surface area (TPSA) is 49.4 Å². The fourth-order valence-electron chi connectivity index (χ4n) is 2.65. The summed E-state index contributed by atoms with van der Waals surface area (Å²) in [6, 6.07) is 4.59. The van der Waals surface area contributed by atoms with Crippen molar-refractivity contribution in [3.05, 3.63) is 29.6 Å². The third kappa shape index (κ3) is 3.57. The van der Waals surface area contributed by atoms with E-state index in [0.29, 0.717) is 19.5 Å². The summed E-state index contributed by atoms with van der Waals surface area (Å²) in [7, 11) is 0. The molecular weight excluding hydrogens is 323 g/mol. The molecule has 1 N–H and O–H groups in total. The Morgan fingerprint density at radius 1 is 1.36 bits per heavy atom. The van der Waals surface area contributed by atoms with E-state index >= 15 is 0 Å². The maximum Gasteiger partial charge on any atom is 0.281 e. The number of fused-ring (bicyclic) bond motifs is 1. The van der Waals surface area contributed by atoms with Gasteiger partial charge in [0.05, 0.1) is 6.04 Å². The van der Waals surface area contributed by atoms with Crippen LogP contribution < -0.4 is 5.32 Å². The van der Waals surface area contributed by atoms with Crippen LogP contribution in [0.2, 0.25) is 0 Å². The van der Waals surface area contributed by atoms with Crippen molar-refractivity contribution in [1.29, 1.82) is 0 Å². The SMILES string of the molecule is O=C(CCN1CCSC1=O)NC1CCSc2ccc(F)cc21. The average Bonchev–Trinajstić information content (AvgIpc) is 2.91. The normalized spacial score (nSPS) is 20.9. The number of carbonyl (C=O) groups is 2. The van der Waals surface area contributed by atoms with Gasteiger partial charge in [-0.15, -0.1) is 11.8 Å². The molecule has 0 aromatic heterocycles. The van der Waals surface area contributed by atoms with E-state index in [1.807, 2.05) is 0 Å². The summed E-state index contributed by atoms with van der Waals surface area (Å²) in [6.07, 6.45) is 1.09. The number of hydrogen-bond donors (Lipinski definition) is 1. The van der Waals surface area contributed by atoms with E-state index in [-0.39, 0.29) is 23.0 Å². The zero-order chi connectivity index (χ0) is 15.5. The molecule has 2 aliphatic heterocycles. The van der Waals surface area contributed by atoms with Crippen LogP contribution in [-0.2, 0) is 4.79 Å². The van der Waals surface area contributed by atoms with Crippen molar-refractivity contribution in [1.82, 2.24) is 10.2 Å². The van der Waals surface area contributed by atoms with Crippen LogP contribution >= 0.6 is 23.5 Å². The highest BCUT2D eigenvalue weighted by molar-refractivity contribution is 8.13. The Morgan fingerprint density at radius 2 is 2.23 bits per heavy atom. The molecule has 1 aromatic rings. The molecule has 22 heavy (non-hydrogen) atoms. The minimum absolute atomic E-state index is 0.0503. The zero-order valence-corrected chi connectivity index (χ0v) is 13.6. The van der Waals surface area contributed by atoms with E-state index in [9.17, 15) is 14.0 Å². The molecule has 1 aromatic carbocycles. The Hall–Kier alpha value is -1.21. The third-order valence-corrected chi connectivity index (χ3v) is 5.81. The number of rotatable bonds is 4. The smallest absolute Gasteiger partial charge is 0.281 e. The number of amides is 2. The van der Waals surface area contributed by atoms with Gasteiger partial charge in [-0.1, -0.05) is 11.8 Å². The van der Waals surface area contributed by atoms with Gasteiger partial charge >= 0.3 is 0 Å². The minimum atomic E-state index is -0.278. The van der Waals surface area contributed by atoms with Gasteiger partial charge in [0.1, 0.15) is 5.82 Å². The molecule has 0 aliphatic carbocycles. The maximum atomic E-state index is 13.4. The summed E-state index contributed by atoms with van der Waals surface area (Å²) in [5, 5.41) is 3.03. The second-order valence-electron chi connectivity index (χ2n) is 5.29.